The molecule has 2 aromatic rings. The van der Waals surface area contributed by atoms with Crippen LogP contribution in [0, 0.1) is 5.92 Å². The molecule has 0 unspecified atom stereocenters. The normalized spacial score (nSPS) is 18.5. The van der Waals surface area contributed by atoms with Crippen molar-refractivity contribution < 1.29 is 18.8 Å². The summed E-state index contributed by atoms with van der Waals surface area (Å²) < 4.78 is 12.3. The largest absolute Gasteiger partial charge is 0.430 e. The quantitative estimate of drug-likeness (QED) is 0.335. The molecule has 5 nitrogen and oxygen atoms in total. The number of imide groups is 1. The molecule has 34 heavy (non-hydrogen) atoms. The van der Waals surface area contributed by atoms with Gasteiger partial charge in [-0.3, -0.25) is 4.79 Å². The number of carbonyl (C=O) groups is 2. The van der Waals surface area contributed by atoms with Crippen molar-refractivity contribution in [3.8, 4) is 0 Å². The highest BCUT2D eigenvalue weighted by Gasteiger charge is 2.59. The Bertz CT molecular complexity index is 986. The van der Waals surface area contributed by atoms with Crippen LogP contribution in [0.25, 0.3) is 0 Å². The lowest BCUT2D eigenvalue weighted by atomic mass is 9.75. The third-order valence-electron chi connectivity index (χ3n) is 7.02. The maximum atomic E-state index is 13.3. The van der Waals surface area contributed by atoms with Gasteiger partial charge >= 0.3 is 6.09 Å². The van der Waals surface area contributed by atoms with Crippen molar-refractivity contribution in [3.05, 3.63) is 83.9 Å². The topological polar surface area (TPSA) is 55.8 Å². The third-order valence-corrected chi connectivity index (χ3v) is 11.5. The fourth-order valence-electron chi connectivity index (χ4n) is 4.24. The monoisotopic (exact) mass is 479 g/mol. The smallest absolute Gasteiger partial charge is 0.418 e. The summed E-state index contributed by atoms with van der Waals surface area (Å²) in [5, 5.41) is 0.0807. The Morgan fingerprint density at radius 1 is 1.06 bits per heavy atom. The summed E-state index contributed by atoms with van der Waals surface area (Å²) in [5.74, 6) is -0.441. The fraction of sp³-hybridized carbons (Fsp3) is 0.429. The van der Waals surface area contributed by atoms with E-state index in [1.165, 1.54) is 11.0 Å². The molecular formula is C28H37NO4Si. The zero-order valence-corrected chi connectivity index (χ0v) is 22.4. The van der Waals surface area contributed by atoms with Crippen molar-refractivity contribution in [2.75, 3.05) is 6.61 Å². The van der Waals surface area contributed by atoms with Gasteiger partial charge in [0, 0.05) is 17.2 Å². The van der Waals surface area contributed by atoms with Crippen molar-refractivity contribution in [1.29, 1.82) is 0 Å². The summed E-state index contributed by atoms with van der Waals surface area (Å²) in [6.07, 6.45) is 2.51. The van der Waals surface area contributed by atoms with Crippen LogP contribution in [0.4, 0.5) is 4.79 Å². The maximum absolute atomic E-state index is 13.3. The van der Waals surface area contributed by atoms with Gasteiger partial charge in [0.1, 0.15) is 0 Å². The molecule has 1 atom stereocenters. The molecule has 3 rings (SSSR count). The number of hydrogen-bond acceptors (Lipinski definition) is 4. The lowest BCUT2D eigenvalue weighted by molar-refractivity contribution is -0.125. The van der Waals surface area contributed by atoms with E-state index in [1.54, 1.807) is 6.08 Å². The first-order valence-corrected chi connectivity index (χ1v) is 14.8. The van der Waals surface area contributed by atoms with E-state index in [4.69, 9.17) is 9.16 Å². The maximum Gasteiger partial charge on any atom is 0.418 e. The first-order chi connectivity index (χ1) is 15.9. The number of hydrogen-bond donors (Lipinski definition) is 0. The summed E-state index contributed by atoms with van der Waals surface area (Å²) in [5.41, 5.74) is 0.595. The van der Waals surface area contributed by atoms with E-state index in [0.717, 1.165) is 11.1 Å². The van der Waals surface area contributed by atoms with Crippen LogP contribution >= 0.6 is 0 Å². The second-order valence-corrected chi connectivity index (χ2v) is 15.5. The van der Waals surface area contributed by atoms with Crippen molar-refractivity contribution in [2.24, 2.45) is 5.92 Å². The van der Waals surface area contributed by atoms with E-state index in [9.17, 15) is 9.59 Å². The van der Waals surface area contributed by atoms with E-state index < -0.39 is 32.0 Å². The Balaban J connectivity index is 1.95. The van der Waals surface area contributed by atoms with Crippen LogP contribution in [0.1, 0.15) is 45.7 Å². The van der Waals surface area contributed by atoms with Crippen LogP contribution in [-0.2, 0) is 19.6 Å². The van der Waals surface area contributed by atoms with Crippen LogP contribution < -0.4 is 0 Å². The molecule has 2 amide bonds. The van der Waals surface area contributed by atoms with Crippen LogP contribution in [0.5, 0.6) is 0 Å². The molecule has 1 aliphatic heterocycles. The van der Waals surface area contributed by atoms with E-state index in [-0.39, 0.29) is 11.0 Å². The van der Waals surface area contributed by atoms with Crippen molar-refractivity contribution in [1.82, 2.24) is 4.90 Å². The number of cyclic esters (lactones) is 1. The molecule has 1 saturated heterocycles. The van der Waals surface area contributed by atoms with Crippen molar-refractivity contribution >= 4 is 20.3 Å². The standard InChI is InChI=1S/C28H37NO4Si/c1-21(2)25-28(22-15-10-8-11-16-22,23-17-12-9-13-18-23)33-26(31)29(25)24(30)19-14-20-32-34(6,7)27(3,4)5/h8-19,21,25H,20H2,1-7H3/b19-14+/t25-/m1/s1. The molecule has 0 N–H and O–H groups in total. The predicted molar refractivity (Wildman–Crippen MR) is 138 cm³/mol. The molecule has 0 aliphatic carbocycles. The van der Waals surface area contributed by atoms with Crippen LogP contribution in [0.15, 0.2) is 72.8 Å². The molecular weight excluding hydrogens is 442 g/mol. The Morgan fingerprint density at radius 3 is 2.00 bits per heavy atom. The van der Waals surface area contributed by atoms with E-state index >= 15 is 0 Å². The van der Waals surface area contributed by atoms with Crippen LogP contribution in [0.3, 0.4) is 0 Å². The van der Waals surface area contributed by atoms with Gasteiger partial charge in [-0.2, -0.15) is 0 Å². The van der Waals surface area contributed by atoms with Crippen molar-refractivity contribution in [2.45, 2.75) is 64.4 Å². The van der Waals surface area contributed by atoms with Gasteiger partial charge in [-0.15, -0.1) is 0 Å². The first-order valence-electron chi connectivity index (χ1n) is 11.9. The minimum Gasteiger partial charge on any atom is -0.430 e. The Kier molecular flexibility index (Phi) is 7.53. The summed E-state index contributed by atoms with van der Waals surface area (Å²) in [6, 6.07) is 18.8. The molecule has 6 heteroatoms. The van der Waals surface area contributed by atoms with Gasteiger partial charge in [-0.05, 0) is 24.1 Å². The summed E-state index contributed by atoms with van der Waals surface area (Å²) in [4.78, 5) is 27.8. The zero-order chi connectivity index (χ0) is 25.1. The molecule has 1 fully saturated rings. The van der Waals surface area contributed by atoms with E-state index in [2.05, 4.69) is 33.9 Å². The summed E-state index contributed by atoms with van der Waals surface area (Å²) in [6.45, 7) is 15.2. The Labute approximate surface area is 204 Å². The second-order valence-electron chi connectivity index (χ2n) is 10.7. The van der Waals surface area contributed by atoms with Crippen LogP contribution in [0.2, 0.25) is 18.1 Å². The molecule has 1 heterocycles. The fourth-order valence-corrected chi connectivity index (χ4v) is 5.18. The van der Waals surface area contributed by atoms with Gasteiger partial charge in [0.25, 0.3) is 5.91 Å². The van der Waals surface area contributed by atoms with E-state index in [0.29, 0.717) is 6.61 Å². The minimum atomic E-state index is -1.93. The van der Waals surface area contributed by atoms with Gasteiger partial charge in [-0.25, -0.2) is 9.69 Å². The van der Waals surface area contributed by atoms with Gasteiger partial charge < -0.3 is 9.16 Å². The van der Waals surface area contributed by atoms with Gasteiger partial charge in [0.15, 0.2) is 13.9 Å². The molecule has 0 aromatic heterocycles. The lowest BCUT2D eigenvalue weighted by Crippen LogP contribution is -2.49. The van der Waals surface area contributed by atoms with Gasteiger partial charge in [0.05, 0.1) is 12.6 Å². The Morgan fingerprint density at radius 2 is 1.56 bits per heavy atom. The molecule has 2 aromatic carbocycles. The number of benzene rings is 2. The number of nitrogens with zero attached hydrogens (tertiary/aromatic N) is 1. The average molecular weight is 480 g/mol. The number of carbonyl (C=O) groups excluding carboxylic acids is 2. The highest BCUT2D eigenvalue weighted by Crippen LogP contribution is 2.47. The minimum absolute atomic E-state index is 0.0484. The first kappa shape index (κ1) is 25.9. The SMILES string of the molecule is CC(C)[C@H]1N(C(=O)/C=C/CO[Si](C)(C)C(C)(C)C)C(=O)OC1(c1ccccc1)c1ccccc1. The Hall–Kier alpha value is -2.70. The zero-order valence-electron chi connectivity index (χ0n) is 21.4. The molecule has 1 aliphatic rings. The van der Waals surface area contributed by atoms with Gasteiger partial charge in [-0.1, -0.05) is 101 Å². The predicted octanol–water partition coefficient (Wildman–Crippen LogP) is 6.51. The third kappa shape index (κ3) is 4.89. The molecule has 0 saturated carbocycles. The summed E-state index contributed by atoms with van der Waals surface area (Å²) in [7, 11) is -1.93. The molecule has 0 bridgehead atoms. The number of ether oxygens (including phenoxy) is 1. The van der Waals surface area contributed by atoms with Crippen LogP contribution in [-0.4, -0.2) is 37.9 Å². The molecule has 182 valence electrons. The van der Waals surface area contributed by atoms with E-state index in [1.807, 2.05) is 74.5 Å². The highest BCUT2D eigenvalue weighted by molar-refractivity contribution is 6.74. The van der Waals surface area contributed by atoms with Gasteiger partial charge in [0.2, 0.25) is 0 Å². The average Bonchev–Trinajstić information content (AvgIpc) is 3.11. The lowest BCUT2D eigenvalue weighted by Gasteiger charge is -2.37. The highest BCUT2D eigenvalue weighted by atomic mass is 28.4. The van der Waals surface area contributed by atoms with Crippen molar-refractivity contribution in [3.63, 3.8) is 0 Å². The molecule has 0 spiro atoms. The molecule has 0 radical (unpaired) electrons. The number of amides is 2. The summed E-state index contributed by atoms with van der Waals surface area (Å²) >= 11 is 0. The number of rotatable bonds is 7. The second kappa shape index (κ2) is 9.88.